The standard InChI is InChI=1S/C21H22N2O3S/c1-11-8-9-15-16(10-11)27-20-17(15)19(24)22-18(23-20)13(3)26-21(25)14-7-5-4-6-12(14)2/h4-7,11,13H,8-10H2,1-3H3,(H,22,23,24)/t11-,13+/m0/s1. The summed E-state index contributed by atoms with van der Waals surface area (Å²) in [6.45, 7) is 5.84. The van der Waals surface area contributed by atoms with E-state index in [4.69, 9.17) is 4.74 Å². The van der Waals surface area contributed by atoms with Gasteiger partial charge in [-0.2, -0.15) is 0 Å². The fourth-order valence-corrected chi connectivity index (χ4v) is 5.03. The molecule has 27 heavy (non-hydrogen) atoms. The van der Waals surface area contributed by atoms with Crippen molar-refractivity contribution >= 4 is 27.5 Å². The number of hydrogen-bond donors (Lipinski definition) is 1. The second-order valence-electron chi connectivity index (χ2n) is 7.35. The summed E-state index contributed by atoms with van der Waals surface area (Å²) in [7, 11) is 0. The van der Waals surface area contributed by atoms with Gasteiger partial charge in [0.25, 0.3) is 5.56 Å². The van der Waals surface area contributed by atoms with E-state index in [1.165, 1.54) is 4.88 Å². The highest BCUT2D eigenvalue weighted by Crippen LogP contribution is 2.36. The molecule has 0 saturated carbocycles. The first-order valence-electron chi connectivity index (χ1n) is 9.25. The number of H-pyrrole nitrogens is 1. The maximum Gasteiger partial charge on any atom is 0.339 e. The summed E-state index contributed by atoms with van der Waals surface area (Å²) in [4.78, 5) is 34.6. The maximum atomic E-state index is 12.7. The normalized spacial score (nSPS) is 17.5. The van der Waals surface area contributed by atoms with E-state index in [1.54, 1.807) is 30.4 Å². The average Bonchev–Trinajstić information content (AvgIpc) is 2.99. The molecular weight excluding hydrogens is 360 g/mol. The molecule has 1 aliphatic rings. The van der Waals surface area contributed by atoms with Gasteiger partial charge in [-0.1, -0.05) is 25.1 Å². The van der Waals surface area contributed by atoms with Crippen molar-refractivity contribution < 1.29 is 9.53 Å². The van der Waals surface area contributed by atoms with E-state index in [0.29, 0.717) is 22.7 Å². The van der Waals surface area contributed by atoms with Crippen molar-refractivity contribution in [1.29, 1.82) is 0 Å². The molecule has 1 N–H and O–H groups in total. The lowest BCUT2D eigenvalue weighted by atomic mass is 9.89. The molecule has 6 heteroatoms. The maximum absolute atomic E-state index is 12.7. The molecule has 1 aromatic carbocycles. The van der Waals surface area contributed by atoms with Crippen LogP contribution in [0.1, 0.15) is 58.6 Å². The first-order valence-corrected chi connectivity index (χ1v) is 10.1. The molecule has 0 aliphatic heterocycles. The van der Waals surface area contributed by atoms with Crippen LogP contribution in [0.25, 0.3) is 10.2 Å². The topological polar surface area (TPSA) is 72.0 Å². The van der Waals surface area contributed by atoms with Crippen molar-refractivity contribution in [1.82, 2.24) is 9.97 Å². The van der Waals surface area contributed by atoms with Crippen LogP contribution in [0.5, 0.6) is 0 Å². The molecule has 0 amide bonds. The van der Waals surface area contributed by atoms with E-state index < -0.39 is 12.1 Å². The Bertz CT molecular complexity index is 1080. The van der Waals surface area contributed by atoms with Gasteiger partial charge in [-0.15, -0.1) is 11.3 Å². The fourth-order valence-electron chi connectivity index (χ4n) is 3.64. The van der Waals surface area contributed by atoms with Crippen molar-refractivity contribution in [3.8, 4) is 0 Å². The summed E-state index contributed by atoms with van der Waals surface area (Å²) >= 11 is 1.60. The molecule has 0 radical (unpaired) electrons. The van der Waals surface area contributed by atoms with Crippen molar-refractivity contribution in [2.45, 2.75) is 46.1 Å². The number of ether oxygens (including phenoxy) is 1. The molecule has 0 fully saturated rings. The number of nitrogens with zero attached hydrogens (tertiary/aromatic N) is 1. The SMILES string of the molecule is Cc1ccccc1C(=O)O[C@H](C)c1nc2sc3c(c2c(=O)[nH]1)CC[C@H](C)C3. The van der Waals surface area contributed by atoms with Crippen molar-refractivity contribution in [2.75, 3.05) is 0 Å². The highest BCUT2D eigenvalue weighted by Gasteiger charge is 2.24. The van der Waals surface area contributed by atoms with Crippen molar-refractivity contribution in [2.24, 2.45) is 5.92 Å². The third-order valence-electron chi connectivity index (χ3n) is 5.22. The van der Waals surface area contributed by atoms with Crippen LogP contribution in [0, 0.1) is 12.8 Å². The largest absolute Gasteiger partial charge is 0.451 e. The van der Waals surface area contributed by atoms with Crippen LogP contribution in [0.4, 0.5) is 0 Å². The van der Waals surface area contributed by atoms with E-state index in [1.807, 2.05) is 19.1 Å². The summed E-state index contributed by atoms with van der Waals surface area (Å²) in [6, 6.07) is 7.28. The Morgan fingerprint density at radius 2 is 2.15 bits per heavy atom. The molecule has 0 unspecified atom stereocenters. The summed E-state index contributed by atoms with van der Waals surface area (Å²) in [5.74, 6) is 0.613. The molecule has 0 bridgehead atoms. The van der Waals surface area contributed by atoms with E-state index in [2.05, 4.69) is 16.9 Å². The lowest BCUT2D eigenvalue weighted by Gasteiger charge is -2.17. The zero-order valence-electron chi connectivity index (χ0n) is 15.7. The van der Waals surface area contributed by atoms with Crippen LogP contribution in [-0.4, -0.2) is 15.9 Å². The van der Waals surface area contributed by atoms with E-state index in [9.17, 15) is 9.59 Å². The monoisotopic (exact) mass is 382 g/mol. The Hall–Kier alpha value is -2.47. The van der Waals surface area contributed by atoms with Gasteiger partial charge in [-0.25, -0.2) is 9.78 Å². The molecule has 0 saturated heterocycles. The molecular formula is C21H22N2O3S. The molecule has 140 valence electrons. The Morgan fingerprint density at radius 1 is 1.37 bits per heavy atom. The first-order chi connectivity index (χ1) is 12.9. The van der Waals surface area contributed by atoms with Crippen molar-refractivity contribution in [3.63, 3.8) is 0 Å². The zero-order chi connectivity index (χ0) is 19.1. The van der Waals surface area contributed by atoms with Crippen LogP contribution >= 0.6 is 11.3 Å². The van der Waals surface area contributed by atoms with Crippen LogP contribution in [0.3, 0.4) is 0 Å². The predicted molar refractivity (Wildman–Crippen MR) is 106 cm³/mol. The number of thiophene rings is 1. The number of benzene rings is 1. The average molecular weight is 382 g/mol. The van der Waals surface area contributed by atoms with Gasteiger partial charge in [0.1, 0.15) is 4.83 Å². The molecule has 3 aromatic rings. The minimum Gasteiger partial charge on any atom is -0.451 e. The van der Waals surface area contributed by atoms with E-state index in [0.717, 1.165) is 35.2 Å². The van der Waals surface area contributed by atoms with E-state index in [-0.39, 0.29) is 5.56 Å². The summed E-state index contributed by atoms with van der Waals surface area (Å²) in [5, 5.41) is 0.711. The number of aryl methyl sites for hydroxylation is 2. The number of carbonyl (C=O) groups excluding carboxylic acids is 1. The number of nitrogens with one attached hydrogen (secondary N) is 1. The molecule has 0 spiro atoms. The summed E-state index contributed by atoms with van der Waals surface area (Å²) in [5.41, 5.74) is 2.39. The smallest absolute Gasteiger partial charge is 0.339 e. The van der Waals surface area contributed by atoms with Gasteiger partial charge in [-0.05, 0) is 56.2 Å². The third kappa shape index (κ3) is 3.30. The highest BCUT2D eigenvalue weighted by molar-refractivity contribution is 7.18. The van der Waals surface area contributed by atoms with Gasteiger partial charge >= 0.3 is 5.97 Å². The highest BCUT2D eigenvalue weighted by atomic mass is 32.1. The van der Waals surface area contributed by atoms with Crippen LogP contribution in [0.15, 0.2) is 29.1 Å². The Morgan fingerprint density at radius 3 is 2.93 bits per heavy atom. The number of carbonyl (C=O) groups is 1. The van der Waals surface area contributed by atoms with E-state index >= 15 is 0 Å². The Balaban J connectivity index is 1.65. The number of rotatable bonds is 3. The number of fused-ring (bicyclic) bond motifs is 3. The molecule has 2 aromatic heterocycles. The van der Waals surface area contributed by atoms with Crippen LogP contribution < -0.4 is 5.56 Å². The second kappa shape index (κ2) is 6.93. The molecule has 2 heterocycles. The lowest BCUT2D eigenvalue weighted by molar-refractivity contribution is 0.0319. The van der Waals surface area contributed by atoms with Gasteiger partial charge < -0.3 is 9.72 Å². The number of hydrogen-bond acceptors (Lipinski definition) is 5. The summed E-state index contributed by atoms with van der Waals surface area (Å²) < 4.78 is 5.56. The Kier molecular flexibility index (Phi) is 4.60. The van der Waals surface area contributed by atoms with Gasteiger partial charge in [0, 0.05) is 4.88 Å². The Labute approximate surface area is 161 Å². The predicted octanol–water partition coefficient (Wildman–Crippen LogP) is 4.34. The van der Waals surface area contributed by atoms with Gasteiger partial charge in [0.15, 0.2) is 11.9 Å². The van der Waals surface area contributed by atoms with Gasteiger partial charge in [-0.3, -0.25) is 4.79 Å². The quantitative estimate of drug-likeness (QED) is 0.684. The second-order valence-corrected chi connectivity index (χ2v) is 8.43. The minimum atomic E-state index is -0.632. The summed E-state index contributed by atoms with van der Waals surface area (Å²) in [6.07, 6.45) is 2.40. The third-order valence-corrected chi connectivity index (χ3v) is 6.37. The number of aromatic amines is 1. The molecule has 4 rings (SSSR count). The number of aromatic nitrogens is 2. The minimum absolute atomic E-state index is 0.138. The van der Waals surface area contributed by atoms with Gasteiger partial charge in [0.05, 0.1) is 10.9 Å². The molecule has 1 aliphatic carbocycles. The lowest BCUT2D eigenvalue weighted by Crippen LogP contribution is -2.18. The molecule has 5 nitrogen and oxygen atoms in total. The van der Waals surface area contributed by atoms with Gasteiger partial charge in [0.2, 0.25) is 0 Å². The van der Waals surface area contributed by atoms with Crippen LogP contribution in [-0.2, 0) is 17.6 Å². The number of esters is 1. The molecule has 2 atom stereocenters. The van der Waals surface area contributed by atoms with Crippen molar-refractivity contribution in [3.05, 3.63) is 62.0 Å². The van der Waals surface area contributed by atoms with Crippen LogP contribution in [0.2, 0.25) is 0 Å². The zero-order valence-corrected chi connectivity index (χ0v) is 16.5. The fraction of sp³-hybridized carbons (Fsp3) is 0.381. The first kappa shape index (κ1) is 17.9.